The lowest BCUT2D eigenvalue weighted by atomic mass is 10.5. The lowest BCUT2D eigenvalue weighted by Gasteiger charge is -1.91. The van der Waals surface area contributed by atoms with E-state index < -0.39 is 0 Å². The van der Waals surface area contributed by atoms with Crippen molar-refractivity contribution in [2.45, 2.75) is 0 Å². The summed E-state index contributed by atoms with van der Waals surface area (Å²) in [5.41, 5.74) is 0. The summed E-state index contributed by atoms with van der Waals surface area (Å²) >= 11 is 1.33. The maximum Gasteiger partial charge on any atom is 0.248 e. The molecule has 0 unspecified atom stereocenters. The summed E-state index contributed by atoms with van der Waals surface area (Å²) in [6.45, 7) is 0. The van der Waals surface area contributed by atoms with Crippen LogP contribution >= 0.6 is 11.3 Å². The molecular weight excluding hydrogens is 136 g/mol. The van der Waals surface area contributed by atoms with E-state index in [1.54, 1.807) is 17.7 Å². The van der Waals surface area contributed by atoms with E-state index in [0.29, 0.717) is 10.6 Å². The van der Waals surface area contributed by atoms with Crippen molar-refractivity contribution in [2.24, 2.45) is 0 Å². The van der Waals surface area contributed by atoms with Crippen molar-refractivity contribution in [1.29, 1.82) is 0 Å². The third-order valence-electron chi connectivity index (χ3n) is 0.942. The van der Waals surface area contributed by atoms with Gasteiger partial charge in [-0.25, -0.2) is 0 Å². The van der Waals surface area contributed by atoms with Crippen molar-refractivity contribution in [3.05, 3.63) is 16.3 Å². The van der Waals surface area contributed by atoms with Gasteiger partial charge in [-0.15, -0.1) is 11.3 Å². The van der Waals surface area contributed by atoms with Crippen LogP contribution in [0, 0.1) is 0 Å². The number of hydrogen-bond donors (Lipinski definition) is 0. The van der Waals surface area contributed by atoms with Gasteiger partial charge in [-0.2, -0.15) is 0 Å². The number of hydrogen-bond acceptors (Lipinski definition) is 3. The minimum absolute atomic E-state index is 0.525. The second-order valence-electron chi connectivity index (χ2n) is 1.42. The van der Waals surface area contributed by atoms with Gasteiger partial charge in [0.2, 0.25) is 6.29 Å². The first-order chi connectivity index (χ1) is 4.38. The normalized spacial score (nSPS) is 9.00. The third-order valence-corrected chi connectivity index (χ3v) is 1.73. The van der Waals surface area contributed by atoms with E-state index in [-0.39, 0.29) is 0 Å². The molecule has 1 aromatic heterocycles. The van der Waals surface area contributed by atoms with Crippen molar-refractivity contribution in [3.63, 3.8) is 0 Å². The SMILES string of the molecule is COc1ccsc1[C]=O. The van der Waals surface area contributed by atoms with Gasteiger partial charge in [0.1, 0.15) is 10.6 Å². The van der Waals surface area contributed by atoms with E-state index in [4.69, 9.17) is 4.74 Å². The van der Waals surface area contributed by atoms with Crippen molar-refractivity contribution >= 4 is 17.6 Å². The number of thiophene rings is 1. The fourth-order valence-electron chi connectivity index (χ4n) is 0.533. The fraction of sp³-hybridized carbons (Fsp3) is 0.167. The standard InChI is InChI=1S/C6H5O2S/c1-8-5-2-3-9-6(5)4-7/h2-3H,1H3. The quantitative estimate of drug-likeness (QED) is 0.619. The van der Waals surface area contributed by atoms with Crippen molar-refractivity contribution in [3.8, 4) is 5.75 Å². The first-order valence-corrected chi connectivity index (χ1v) is 3.26. The topological polar surface area (TPSA) is 26.3 Å². The van der Waals surface area contributed by atoms with Crippen LogP contribution in [0.3, 0.4) is 0 Å². The molecule has 1 heterocycles. The zero-order chi connectivity index (χ0) is 6.69. The molecule has 0 spiro atoms. The predicted octanol–water partition coefficient (Wildman–Crippen LogP) is 1.21. The van der Waals surface area contributed by atoms with Crippen LogP contribution in [0.15, 0.2) is 11.4 Å². The van der Waals surface area contributed by atoms with Gasteiger partial charge in [-0.3, -0.25) is 4.79 Å². The van der Waals surface area contributed by atoms with Crippen LogP contribution in [0.1, 0.15) is 4.88 Å². The zero-order valence-electron chi connectivity index (χ0n) is 4.88. The van der Waals surface area contributed by atoms with Crippen LogP contribution in [0.5, 0.6) is 5.75 Å². The number of ether oxygens (including phenoxy) is 1. The molecule has 9 heavy (non-hydrogen) atoms. The molecule has 0 bridgehead atoms. The van der Waals surface area contributed by atoms with Gasteiger partial charge in [0, 0.05) is 0 Å². The highest BCUT2D eigenvalue weighted by molar-refractivity contribution is 7.12. The monoisotopic (exact) mass is 141 g/mol. The van der Waals surface area contributed by atoms with E-state index in [9.17, 15) is 4.79 Å². The largest absolute Gasteiger partial charge is 0.495 e. The average Bonchev–Trinajstić information content (AvgIpc) is 2.33. The highest BCUT2D eigenvalue weighted by atomic mass is 32.1. The molecule has 0 saturated carbocycles. The van der Waals surface area contributed by atoms with E-state index in [2.05, 4.69) is 0 Å². The van der Waals surface area contributed by atoms with Crippen LogP contribution in [0.2, 0.25) is 0 Å². The summed E-state index contributed by atoms with van der Waals surface area (Å²) in [4.78, 5) is 10.6. The lowest BCUT2D eigenvalue weighted by molar-refractivity contribution is 0.415. The van der Waals surface area contributed by atoms with Crippen molar-refractivity contribution in [1.82, 2.24) is 0 Å². The first-order valence-electron chi connectivity index (χ1n) is 2.38. The Labute approximate surface area is 57.1 Å². The second-order valence-corrected chi connectivity index (χ2v) is 2.34. The van der Waals surface area contributed by atoms with E-state index in [1.165, 1.54) is 18.4 Å². The van der Waals surface area contributed by atoms with Crippen LogP contribution in [0.4, 0.5) is 0 Å². The number of rotatable bonds is 2. The van der Waals surface area contributed by atoms with E-state index in [0.717, 1.165) is 0 Å². The summed E-state index contributed by atoms with van der Waals surface area (Å²) in [7, 11) is 1.53. The summed E-state index contributed by atoms with van der Waals surface area (Å²) < 4.78 is 4.82. The zero-order valence-corrected chi connectivity index (χ0v) is 5.70. The Morgan fingerprint density at radius 2 is 2.56 bits per heavy atom. The van der Waals surface area contributed by atoms with Gasteiger partial charge in [0.15, 0.2) is 0 Å². The molecule has 0 N–H and O–H groups in total. The highest BCUT2D eigenvalue weighted by Gasteiger charge is 2.01. The molecule has 1 radical (unpaired) electrons. The molecule has 0 saturated heterocycles. The maximum atomic E-state index is 10.1. The molecule has 0 aliphatic rings. The molecule has 0 fully saturated rings. The van der Waals surface area contributed by atoms with Gasteiger partial charge in [0.25, 0.3) is 0 Å². The lowest BCUT2D eigenvalue weighted by Crippen LogP contribution is -1.82. The third kappa shape index (κ3) is 1.10. The summed E-state index contributed by atoms with van der Waals surface area (Å²) in [5.74, 6) is 0.606. The Morgan fingerprint density at radius 3 is 3.00 bits per heavy atom. The van der Waals surface area contributed by atoms with Gasteiger partial charge in [0.05, 0.1) is 7.11 Å². The molecular formula is C6H5O2S. The minimum Gasteiger partial charge on any atom is -0.495 e. The Balaban J connectivity index is 2.98. The molecule has 0 aliphatic carbocycles. The van der Waals surface area contributed by atoms with Crippen LogP contribution in [-0.4, -0.2) is 13.4 Å². The molecule has 1 rings (SSSR count). The Hall–Kier alpha value is -0.830. The van der Waals surface area contributed by atoms with Crippen LogP contribution < -0.4 is 4.74 Å². The van der Waals surface area contributed by atoms with Gasteiger partial charge in [-0.1, -0.05) is 0 Å². The second kappa shape index (κ2) is 2.64. The molecule has 0 atom stereocenters. The minimum atomic E-state index is 0.525. The van der Waals surface area contributed by atoms with Crippen LogP contribution in [-0.2, 0) is 4.79 Å². The van der Waals surface area contributed by atoms with Gasteiger partial charge < -0.3 is 4.74 Å². The van der Waals surface area contributed by atoms with E-state index in [1.807, 2.05) is 0 Å². The van der Waals surface area contributed by atoms with E-state index >= 15 is 0 Å². The molecule has 0 aliphatic heterocycles. The summed E-state index contributed by atoms with van der Waals surface area (Å²) in [6, 6.07) is 1.74. The molecule has 2 nitrogen and oxygen atoms in total. The van der Waals surface area contributed by atoms with Crippen LogP contribution in [0.25, 0.3) is 0 Å². The first kappa shape index (κ1) is 6.29. The number of methoxy groups -OCH3 is 1. The molecule has 3 heteroatoms. The Morgan fingerprint density at radius 1 is 1.78 bits per heavy atom. The van der Waals surface area contributed by atoms with Crippen molar-refractivity contribution in [2.75, 3.05) is 7.11 Å². The maximum absolute atomic E-state index is 10.1. The Bertz CT molecular complexity index is 205. The molecule has 47 valence electrons. The predicted molar refractivity (Wildman–Crippen MR) is 35.7 cm³/mol. The molecule has 0 amide bonds. The fourth-order valence-corrected chi connectivity index (χ4v) is 1.18. The summed E-state index contributed by atoms with van der Waals surface area (Å²) in [6.07, 6.45) is 1.77. The van der Waals surface area contributed by atoms with Gasteiger partial charge >= 0.3 is 0 Å². The van der Waals surface area contributed by atoms with Gasteiger partial charge in [-0.05, 0) is 11.4 Å². The average molecular weight is 141 g/mol. The molecule has 0 aromatic carbocycles. The molecule has 1 aromatic rings. The van der Waals surface area contributed by atoms with Crippen molar-refractivity contribution < 1.29 is 9.53 Å². The Kier molecular flexibility index (Phi) is 1.85. The summed E-state index contributed by atoms with van der Waals surface area (Å²) in [5, 5.41) is 1.79. The number of carbonyl (C=O) groups excluding carboxylic acids is 1. The highest BCUT2D eigenvalue weighted by Crippen LogP contribution is 2.21. The smallest absolute Gasteiger partial charge is 0.248 e.